The number of pyridine rings is 3. The number of amides is 1. The highest BCUT2D eigenvalue weighted by Gasteiger charge is 2.26. The van der Waals surface area contributed by atoms with Crippen LogP contribution in [-0.4, -0.2) is 99.7 Å². The molecule has 2 fully saturated rings. The lowest BCUT2D eigenvalue weighted by Crippen LogP contribution is -2.50. The lowest BCUT2D eigenvalue weighted by molar-refractivity contribution is 0.0240. The number of aromatic nitrogens is 9. The van der Waals surface area contributed by atoms with Gasteiger partial charge in [0.25, 0.3) is 0 Å². The van der Waals surface area contributed by atoms with Crippen molar-refractivity contribution < 1.29 is 9.53 Å². The van der Waals surface area contributed by atoms with Crippen LogP contribution in [0.3, 0.4) is 0 Å². The molecule has 14 nitrogen and oxygen atoms in total. The highest BCUT2D eigenvalue weighted by Crippen LogP contribution is 2.20. The Kier molecular flexibility index (Phi) is 9.80. The van der Waals surface area contributed by atoms with Gasteiger partial charge in [0.15, 0.2) is 16.9 Å². The molecule has 0 saturated carbocycles. The SMILES string of the molecule is Brc1cccc2ncnn12.CC(C)(C)OC(=O)N1CCN(c2cccc3ncnn23)CC1.c1cc(N2CCCCC2)n2ncnc2c1. The predicted octanol–water partition coefficient (Wildman–Crippen LogP) is 5.00. The molecule has 15 heteroatoms. The first-order valence-electron chi connectivity index (χ1n) is 15.8. The summed E-state index contributed by atoms with van der Waals surface area (Å²) in [6, 6.07) is 17.8. The Labute approximate surface area is 281 Å². The van der Waals surface area contributed by atoms with E-state index >= 15 is 0 Å². The number of piperidine rings is 1. The zero-order valence-electron chi connectivity index (χ0n) is 26.9. The largest absolute Gasteiger partial charge is 0.444 e. The number of piperazine rings is 1. The third-order valence-corrected chi connectivity index (χ3v) is 8.35. The monoisotopic (exact) mass is 702 g/mol. The van der Waals surface area contributed by atoms with E-state index in [1.807, 2.05) is 78.3 Å². The molecule has 0 spiro atoms. The van der Waals surface area contributed by atoms with Gasteiger partial charge in [-0.15, -0.1) is 0 Å². The number of ether oxygens (including phenoxy) is 1. The van der Waals surface area contributed by atoms with Crippen LogP contribution < -0.4 is 9.80 Å². The number of hydrogen-bond acceptors (Lipinski definition) is 10. The topological polar surface area (TPSA) is 127 Å². The molecule has 0 atom stereocenters. The molecule has 1 amide bonds. The van der Waals surface area contributed by atoms with Crippen molar-refractivity contribution >= 4 is 50.6 Å². The third-order valence-electron chi connectivity index (χ3n) is 7.75. The fourth-order valence-electron chi connectivity index (χ4n) is 5.52. The lowest BCUT2D eigenvalue weighted by Gasteiger charge is -2.36. The molecular weight excluding hydrogens is 664 g/mol. The molecule has 2 aliphatic heterocycles. The van der Waals surface area contributed by atoms with E-state index < -0.39 is 5.60 Å². The van der Waals surface area contributed by atoms with Crippen molar-refractivity contribution in [2.45, 2.75) is 45.6 Å². The van der Waals surface area contributed by atoms with Crippen LogP contribution in [0.5, 0.6) is 0 Å². The van der Waals surface area contributed by atoms with Crippen molar-refractivity contribution in [1.29, 1.82) is 0 Å². The van der Waals surface area contributed by atoms with E-state index in [4.69, 9.17) is 4.74 Å². The summed E-state index contributed by atoms with van der Waals surface area (Å²) in [5, 5.41) is 12.5. The number of carbonyl (C=O) groups is 1. The smallest absolute Gasteiger partial charge is 0.410 e. The zero-order valence-corrected chi connectivity index (χ0v) is 28.4. The standard InChI is InChI=1S/C15H21N5O2.C11H14N4.C6H4BrN3/c1-15(2,3)22-14(21)19-9-7-18(8-10-19)13-6-4-5-12-16-11-17-20(12)13;1-2-7-14(8-3-1)11-6-4-5-10-12-9-13-15(10)11;7-5-2-1-3-6-8-4-9-10(5)6/h4-6,11H,7-10H2,1-3H3;4-6,9H,1-3,7-8H2;1-4H. The van der Waals surface area contributed by atoms with E-state index in [1.165, 1.54) is 31.4 Å². The van der Waals surface area contributed by atoms with Crippen molar-refractivity contribution in [3.63, 3.8) is 0 Å². The summed E-state index contributed by atoms with van der Waals surface area (Å²) in [5.41, 5.74) is 2.15. The van der Waals surface area contributed by atoms with Gasteiger partial charge in [-0.3, -0.25) is 0 Å². The van der Waals surface area contributed by atoms with Crippen LogP contribution in [0.15, 0.2) is 78.2 Å². The molecule has 0 bridgehead atoms. The molecule has 8 heterocycles. The molecule has 2 aliphatic rings. The maximum absolute atomic E-state index is 12.1. The van der Waals surface area contributed by atoms with Crippen molar-refractivity contribution in [2.75, 3.05) is 49.1 Å². The second kappa shape index (κ2) is 14.3. The molecule has 6 aromatic rings. The summed E-state index contributed by atoms with van der Waals surface area (Å²) in [7, 11) is 0. The normalized spacial score (nSPS) is 15.3. The van der Waals surface area contributed by atoms with Crippen molar-refractivity contribution in [3.8, 4) is 0 Å². The second-order valence-electron chi connectivity index (χ2n) is 12.2. The third kappa shape index (κ3) is 7.79. The summed E-state index contributed by atoms with van der Waals surface area (Å²) in [6.45, 7) is 10.7. The average molecular weight is 704 g/mol. The van der Waals surface area contributed by atoms with Crippen LogP contribution in [0.2, 0.25) is 0 Å². The summed E-state index contributed by atoms with van der Waals surface area (Å²) >= 11 is 3.34. The number of rotatable bonds is 2. The average Bonchev–Trinajstić information content (AvgIpc) is 3.86. The molecule has 6 aromatic heterocycles. The van der Waals surface area contributed by atoms with Gasteiger partial charge < -0.3 is 19.4 Å². The van der Waals surface area contributed by atoms with Crippen LogP contribution in [-0.2, 0) is 4.74 Å². The van der Waals surface area contributed by atoms with Gasteiger partial charge in [-0.2, -0.15) is 24.3 Å². The minimum Gasteiger partial charge on any atom is -0.444 e. The van der Waals surface area contributed by atoms with E-state index in [0.29, 0.717) is 13.1 Å². The highest BCUT2D eigenvalue weighted by atomic mass is 79.9. The lowest BCUT2D eigenvalue weighted by atomic mass is 10.1. The fraction of sp³-hybridized carbons (Fsp3) is 0.406. The summed E-state index contributed by atoms with van der Waals surface area (Å²) < 4.78 is 11.8. The van der Waals surface area contributed by atoms with Gasteiger partial charge >= 0.3 is 6.09 Å². The molecule has 2 saturated heterocycles. The Bertz CT molecular complexity index is 1920. The van der Waals surface area contributed by atoms with Crippen LogP contribution in [0.1, 0.15) is 40.0 Å². The van der Waals surface area contributed by atoms with Crippen LogP contribution in [0, 0.1) is 0 Å². The maximum atomic E-state index is 12.1. The number of anilines is 2. The summed E-state index contributed by atoms with van der Waals surface area (Å²) in [4.78, 5) is 30.8. The molecular formula is C32H39BrN12O2. The Hall–Kier alpha value is -4.79. The van der Waals surface area contributed by atoms with E-state index in [1.54, 1.807) is 22.1 Å². The highest BCUT2D eigenvalue weighted by molar-refractivity contribution is 9.10. The predicted molar refractivity (Wildman–Crippen MR) is 183 cm³/mol. The number of hydrogen-bond donors (Lipinski definition) is 0. The number of fused-ring (bicyclic) bond motifs is 3. The van der Waals surface area contributed by atoms with E-state index in [-0.39, 0.29) is 6.09 Å². The number of nitrogens with zero attached hydrogens (tertiary/aromatic N) is 12. The Morgan fingerprint density at radius 1 is 0.638 bits per heavy atom. The van der Waals surface area contributed by atoms with E-state index in [9.17, 15) is 4.79 Å². The quantitative estimate of drug-likeness (QED) is 0.228. The molecule has 47 heavy (non-hydrogen) atoms. The molecule has 0 N–H and O–H groups in total. The number of halogens is 1. The van der Waals surface area contributed by atoms with Crippen LogP contribution >= 0.6 is 15.9 Å². The van der Waals surface area contributed by atoms with Gasteiger partial charge in [-0.1, -0.05) is 18.2 Å². The first kappa shape index (κ1) is 32.2. The first-order valence-corrected chi connectivity index (χ1v) is 16.6. The molecule has 0 aromatic carbocycles. The number of carbonyl (C=O) groups excluding carboxylic acids is 1. The van der Waals surface area contributed by atoms with Gasteiger partial charge in [0.05, 0.1) is 0 Å². The van der Waals surface area contributed by atoms with Gasteiger partial charge in [0.2, 0.25) is 0 Å². The Morgan fingerprint density at radius 3 is 1.62 bits per heavy atom. The van der Waals surface area contributed by atoms with Crippen molar-refractivity contribution in [1.82, 2.24) is 48.7 Å². The molecule has 0 aliphatic carbocycles. The first-order chi connectivity index (χ1) is 22.8. The van der Waals surface area contributed by atoms with E-state index in [0.717, 1.165) is 53.5 Å². The van der Waals surface area contributed by atoms with Gasteiger partial charge in [0, 0.05) is 39.3 Å². The van der Waals surface area contributed by atoms with Crippen molar-refractivity contribution in [2.24, 2.45) is 0 Å². The van der Waals surface area contributed by atoms with Crippen molar-refractivity contribution in [3.05, 3.63) is 78.2 Å². The second-order valence-corrected chi connectivity index (χ2v) is 13.0. The van der Waals surface area contributed by atoms with Gasteiger partial charge in [0.1, 0.15) is 40.8 Å². The van der Waals surface area contributed by atoms with Crippen LogP contribution in [0.4, 0.5) is 16.4 Å². The van der Waals surface area contributed by atoms with E-state index in [2.05, 4.69) is 62.0 Å². The molecule has 0 unspecified atom stereocenters. The summed E-state index contributed by atoms with van der Waals surface area (Å²) in [5.74, 6) is 2.17. The summed E-state index contributed by atoms with van der Waals surface area (Å²) in [6.07, 6.45) is 8.37. The van der Waals surface area contributed by atoms with Crippen LogP contribution in [0.25, 0.3) is 16.9 Å². The van der Waals surface area contributed by atoms with Gasteiger partial charge in [-0.05, 0) is 92.4 Å². The minimum absolute atomic E-state index is 0.244. The minimum atomic E-state index is -0.458. The van der Waals surface area contributed by atoms with Gasteiger partial charge in [-0.25, -0.2) is 24.3 Å². The Morgan fingerprint density at radius 2 is 1.11 bits per heavy atom. The maximum Gasteiger partial charge on any atom is 0.410 e. The zero-order chi connectivity index (χ0) is 32.8. The molecule has 8 rings (SSSR count). The fourth-order valence-corrected chi connectivity index (χ4v) is 5.95. The molecule has 246 valence electrons. The Balaban J connectivity index is 0.000000133. The molecule has 0 radical (unpaired) electrons.